The molecule has 1 fully saturated rings. The summed E-state index contributed by atoms with van der Waals surface area (Å²) < 4.78 is 1.09. The second-order valence-electron chi connectivity index (χ2n) is 5.24. The summed E-state index contributed by atoms with van der Waals surface area (Å²) in [6.45, 7) is 14.1. The number of nitrogens with one attached hydrogen (secondary N) is 1. The molecule has 1 rings (SSSR count). The van der Waals surface area contributed by atoms with Crippen molar-refractivity contribution in [3.05, 3.63) is 11.1 Å². The summed E-state index contributed by atoms with van der Waals surface area (Å²) in [4.78, 5) is 2.56. The van der Waals surface area contributed by atoms with Crippen LogP contribution in [0.4, 0.5) is 0 Å². The zero-order valence-corrected chi connectivity index (χ0v) is 12.4. The van der Waals surface area contributed by atoms with E-state index in [-0.39, 0.29) is 0 Å². The zero-order chi connectivity index (χ0) is 12.1. The molecule has 1 N–H and O–H groups in total. The van der Waals surface area contributed by atoms with E-state index in [0.29, 0.717) is 12.1 Å². The van der Waals surface area contributed by atoms with E-state index in [1.807, 2.05) is 0 Å². The van der Waals surface area contributed by atoms with Crippen LogP contribution in [0, 0.1) is 5.92 Å². The van der Waals surface area contributed by atoms with Gasteiger partial charge in [-0.3, -0.25) is 4.90 Å². The van der Waals surface area contributed by atoms with E-state index < -0.39 is 0 Å². The van der Waals surface area contributed by atoms with Gasteiger partial charge in [-0.1, -0.05) is 43.3 Å². The molecule has 0 spiro atoms. The van der Waals surface area contributed by atoms with Gasteiger partial charge >= 0.3 is 0 Å². The van der Waals surface area contributed by atoms with Crippen LogP contribution >= 0.6 is 15.9 Å². The van der Waals surface area contributed by atoms with E-state index in [1.54, 1.807) is 0 Å². The lowest BCUT2D eigenvalue weighted by molar-refractivity contribution is 0.132. The van der Waals surface area contributed by atoms with Crippen LogP contribution in [0.3, 0.4) is 0 Å². The summed E-state index contributed by atoms with van der Waals surface area (Å²) in [5, 5.41) is 3.67. The SMILES string of the molecule is C=C(Br)CN1CC(CC(C)C)NCC1CC. The molecule has 0 aromatic carbocycles. The first kappa shape index (κ1) is 14.2. The third kappa shape index (κ3) is 4.56. The van der Waals surface area contributed by atoms with E-state index in [1.165, 1.54) is 12.8 Å². The minimum atomic E-state index is 0.648. The van der Waals surface area contributed by atoms with E-state index in [0.717, 1.165) is 30.0 Å². The second kappa shape index (κ2) is 6.77. The van der Waals surface area contributed by atoms with Crippen molar-refractivity contribution >= 4 is 15.9 Å². The Kier molecular flexibility index (Phi) is 6.01. The Labute approximate surface area is 109 Å². The first-order valence-electron chi connectivity index (χ1n) is 6.33. The second-order valence-corrected chi connectivity index (χ2v) is 6.36. The summed E-state index contributed by atoms with van der Waals surface area (Å²) >= 11 is 3.48. The predicted molar refractivity (Wildman–Crippen MR) is 75.0 cm³/mol. The zero-order valence-electron chi connectivity index (χ0n) is 10.8. The molecule has 0 aliphatic carbocycles. The van der Waals surface area contributed by atoms with E-state index in [2.05, 4.69) is 53.5 Å². The topological polar surface area (TPSA) is 15.3 Å². The molecule has 0 radical (unpaired) electrons. The Morgan fingerprint density at radius 3 is 2.75 bits per heavy atom. The van der Waals surface area contributed by atoms with Crippen molar-refractivity contribution in [3.63, 3.8) is 0 Å². The molecule has 2 atom stereocenters. The lowest BCUT2D eigenvalue weighted by atomic mass is 9.99. The molecule has 0 amide bonds. The molecule has 94 valence electrons. The molecule has 0 saturated carbocycles. The van der Waals surface area contributed by atoms with Crippen molar-refractivity contribution in [2.75, 3.05) is 19.6 Å². The molecule has 0 aromatic heterocycles. The molecule has 0 bridgehead atoms. The van der Waals surface area contributed by atoms with Gasteiger partial charge in [-0.15, -0.1) is 0 Å². The van der Waals surface area contributed by atoms with Gasteiger partial charge in [0.15, 0.2) is 0 Å². The van der Waals surface area contributed by atoms with Crippen LogP contribution in [0.2, 0.25) is 0 Å². The minimum absolute atomic E-state index is 0.648. The molecule has 0 aromatic rings. The van der Waals surface area contributed by atoms with Crippen molar-refractivity contribution in [1.29, 1.82) is 0 Å². The van der Waals surface area contributed by atoms with Crippen molar-refractivity contribution < 1.29 is 0 Å². The summed E-state index contributed by atoms with van der Waals surface area (Å²) in [6, 6.07) is 1.31. The van der Waals surface area contributed by atoms with Gasteiger partial charge in [-0.25, -0.2) is 0 Å². The van der Waals surface area contributed by atoms with Gasteiger partial charge in [0.1, 0.15) is 0 Å². The van der Waals surface area contributed by atoms with E-state index in [9.17, 15) is 0 Å². The first-order valence-corrected chi connectivity index (χ1v) is 7.13. The largest absolute Gasteiger partial charge is 0.311 e. The molecule has 1 aliphatic heterocycles. The summed E-state index contributed by atoms with van der Waals surface area (Å²) in [6.07, 6.45) is 2.48. The van der Waals surface area contributed by atoms with Crippen molar-refractivity contribution in [3.8, 4) is 0 Å². The monoisotopic (exact) mass is 288 g/mol. The lowest BCUT2D eigenvalue weighted by Crippen LogP contribution is -2.56. The molecule has 1 heterocycles. The highest BCUT2D eigenvalue weighted by Gasteiger charge is 2.26. The van der Waals surface area contributed by atoms with Gasteiger partial charge in [0.25, 0.3) is 0 Å². The Morgan fingerprint density at radius 1 is 1.56 bits per heavy atom. The number of halogens is 1. The van der Waals surface area contributed by atoms with Gasteiger partial charge in [0.2, 0.25) is 0 Å². The highest BCUT2D eigenvalue weighted by Crippen LogP contribution is 2.17. The molecular weight excluding hydrogens is 264 g/mol. The summed E-state index contributed by atoms with van der Waals surface area (Å²) in [7, 11) is 0. The average molecular weight is 289 g/mol. The smallest absolute Gasteiger partial charge is 0.0298 e. The van der Waals surface area contributed by atoms with E-state index >= 15 is 0 Å². The Morgan fingerprint density at radius 2 is 2.25 bits per heavy atom. The third-order valence-electron chi connectivity index (χ3n) is 3.22. The molecule has 2 unspecified atom stereocenters. The summed E-state index contributed by atoms with van der Waals surface area (Å²) in [5.74, 6) is 0.768. The van der Waals surface area contributed by atoms with Crippen molar-refractivity contribution in [2.45, 2.75) is 45.7 Å². The van der Waals surface area contributed by atoms with Gasteiger partial charge in [0, 0.05) is 36.2 Å². The highest BCUT2D eigenvalue weighted by atomic mass is 79.9. The predicted octanol–water partition coefficient (Wildman–Crippen LogP) is 2.99. The van der Waals surface area contributed by atoms with Crippen molar-refractivity contribution in [2.24, 2.45) is 5.92 Å². The number of hydrogen-bond acceptors (Lipinski definition) is 2. The van der Waals surface area contributed by atoms with Crippen LogP contribution in [-0.2, 0) is 0 Å². The Balaban J connectivity index is 2.51. The molecule has 1 aliphatic rings. The number of nitrogens with zero attached hydrogens (tertiary/aromatic N) is 1. The van der Waals surface area contributed by atoms with Crippen LogP contribution in [0.15, 0.2) is 11.1 Å². The fraction of sp³-hybridized carbons (Fsp3) is 0.846. The fourth-order valence-corrected chi connectivity index (χ4v) is 2.79. The van der Waals surface area contributed by atoms with Crippen LogP contribution < -0.4 is 5.32 Å². The fourth-order valence-electron chi connectivity index (χ4n) is 2.47. The summed E-state index contributed by atoms with van der Waals surface area (Å²) in [5.41, 5.74) is 0. The maximum Gasteiger partial charge on any atom is 0.0298 e. The number of hydrogen-bond donors (Lipinski definition) is 1. The molecule has 2 nitrogen and oxygen atoms in total. The normalized spacial score (nSPS) is 27.3. The lowest BCUT2D eigenvalue weighted by Gasteiger charge is -2.40. The standard InChI is InChI=1S/C13H25BrN2/c1-5-13-7-15-12(6-10(2)3)9-16(13)8-11(4)14/h10,12-13,15H,4-9H2,1-3H3. The van der Waals surface area contributed by atoms with Gasteiger partial charge < -0.3 is 5.32 Å². The van der Waals surface area contributed by atoms with Crippen LogP contribution in [0.1, 0.15) is 33.6 Å². The highest BCUT2D eigenvalue weighted by molar-refractivity contribution is 9.11. The number of piperazine rings is 1. The van der Waals surface area contributed by atoms with Gasteiger partial charge in [-0.05, 0) is 18.8 Å². The Bertz CT molecular complexity index is 228. The van der Waals surface area contributed by atoms with Gasteiger partial charge in [-0.2, -0.15) is 0 Å². The van der Waals surface area contributed by atoms with E-state index in [4.69, 9.17) is 0 Å². The number of rotatable bonds is 5. The van der Waals surface area contributed by atoms with Crippen LogP contribution in [0.5, 0.6) is 0 Å². The minimum Gasteiger partial charge on any atom is -0.311 e. The Hall–Kier alpha value is 0.140. The van der Waals surface area contributed by atoms with Gasteiger partial charge in [0.05, 0.1) is 0 Å². The van der Waals surface area contributed by atoms with Crippen molar-refractivity contribution in [1.82, 2.24) is 10.2 Å². The first-order chi connectivity index (χ1) is 7.52. The van der Waals surface area contributed by atoms with Crippen LogP contribution in [0.25, 0.3) is 0 Å². The molecule has 3 heteroatoms. The quantitative estimate of drug-likeness (QED) is 0.837. The molecule has 16 heavy (non-hydrogen) atoms. The van der Waals surface area contributed by atoms with Crippen LogP contribution in [-0.4, -0.2) is 36.6 Å². The maximum absolute atomic E-state index is 3.96. The molecular formula is C13H25BrN2. The molecule has 1 saturated heterocycles. The third-order valence-corrected chi connectivity index (χ3v) is 3.47. The average Bonchev–Trinajstić information content (AvgIpc) is 2.16. The maximum atomic E-state index is 3.96.